The second kappa shape index (κ2) is 5.67. The molecule has 0 saturated carbocycles. The third-order valence-electron chi connectivity index (χ3n) is 2.39. The van der Waals surface area contributed by atoms with Gasteiger partial charge in [0, 0.05) is 18.5 Å². The van der Waals surface area contributed by atoms with Crippen LogP contribution in [0.25, 0.3) is 0 Å². The fraction of sp³-hybridized carbons (Fsp3) is 0.429. The van der Waals surface area contributed by atoms with E-state index in [1.807, 2.05) is 26.8 Å². The molecule has 1 rings (SSSR count). The molecule has 3 N–H and O–H groups in total. The Morgan fingerprint density at radius 3 is 2.50 bits per heavy atom. The summed E-state index contributed by atoms with van der Waals surface area (Å²) in [7, 11) is 0. The smallest absolute Gasteiger partial charge is 0.248 e. The molecule has 0 radical (unpaired) electrons. The standard InChI is InChI=1S/C14H20N2O2/c1-14(2,3)8-12(17)16-9-10-5-4-6-11(7-10)13(15)18/h4-7H,8-9H2,1-3H3,(H2,15,18)(H,16,17). The lowest BCUT2D eigenvalue weighted by molar-refractivity contribution is -0.122. The highest BCUT2D eigenvalue weighted by molar-refractivity contribution is 5.92. The van der Waals surface area contributed by atoms with Gasteiger partial charge in [0.25, 0.3) is 0 Å². The van der Waals surface area contributed by atoms with E-state index < -0.39 is 5.91 Å². The van der Waals surface area contributed by atoms with Crippen molar-refractivity contribution in [2.45, 2.75) is 33.7 Å². The average molecular weight is 248 g/mol. The van der Waals surface area contributed by atoms with Crippen molar-refractivity contribution >= 4 is 11.8 Å². The number of hydrogen-bond acceptors (Lipinski definition) is 2. The van der Waals surface area contributed by atoms with Gasteiger partial charge < -0.3 is 11.1 Å². The van der Waals surface area contributed by atoms with Crippen LogP contribution in [0.15, 0.2) is 24.3 Å². The first-order valence-corrected chi connectivity index (χ1v) is 5.93. The van der Waals surface area contributed by atoms with E-state index >= 15 is 0 Å². The minimum atomic E-state index is -0.460. The van der Waals surface area contributed by atoms with Crippen molar-refractivity contribution in [2.75, 3.05) is 0 Å². The van der Waals surface area contributed by atoms with Crippen LogP contribution in [0.1, 0.15) is 43.1 Å². The summed E-state index contributed by atoms with van der Waals surface area (Å²) in [4.78, 5) is 22.7. The molecule has 1 aromatic rings. The summed E-state index contributed by atoms with van der Waals surface area (Å²) in [6.07, 6.45) is 0.475. The number of rotatable bonds is 4. The lowest BCUT2D eigenvalue weighted by atomic mass is 9.92. The number of amides is 2. The van der Waals surface area contributed by atoms with Crippen LogP contribution >= 0.6 is 0 Å². The summed E-state index contributed by atoms with van der Waals surface area (Å²) in [6.45, 7) is 6.46. The molecule has 0 aliphatic rings. The van der Waals surface area contributed by atoms with E-state index in [4.69, 9.17) is 5.73 Å². The van der Waals surface area contributed by atoms with Crippen molar-refractivity contribution in [3.05, 3.63) is 35.4 Å². The van der Waals surface area contributed by atoms with Gasteiger partial charge in [-0.2, -0.15) is 0 Å². The first-order chi connectivity index (χ1) is 8.28. The zero-order valence-corrected chi connectivity index (χ0v) is 11.1. The summed E-state index contributed by atoms with van der Waals surface area (Å²) in [5.41, 5.74) is 6.49. The van der Waals surface area contributed by atoms with Crippen LogP contribution in [0.3, 0.4) is 0 Å². The lowest BCUT2D eigenvalue weighted by Crippen LogP contribution is -2.27. The average Bonchev–Trinajstić information content (AvgIpc) is 2.24. The maximum Gasteiger partial charge on any atom is 0.248 e. The number of primary amides is 1. The fourth-order valence-corrected chi connectivity index (χ4v) is 1.58. The zero-order valence-electron chi connectivity index (χ0n) is 11.1. The molecular weight excluding hydrogens is 228 g/mol. The van der Waals surface area contributed by atoms with Crippen LogP contribution in [0.4, 0.5) is 0 Å². The van der Waals surface area contributed by atoms with E-state index in [2.05, 4.69) is 5.32 Å². The molecular formula is C14H20N2O2. The second-order valence-corrected chi connectivity index (χ2v) is 5.58. The van der Waals surface area contributed by atoms with Crippen LogP contribution in [0, 0.1) is 5.41 Å². The number of benzene rings is 1. The number of carbonyl (C=O) groups excluding carboxylic acids is 2. The largest absolute Gasteiger partial charge is 0.366 e. The first-order valence-electron chi connectivity index (χ1n) is 5.93. The van der Waals surface area contributed by atoms with Gasteiger partial charge in [-0.05, 0) is 23.1 Å². The highest BCUT2D eigenvalue weighted by Crippen LogP contribution is 2.17. The van der Waals surface area contributed by atoms with Crippen molar-refractivity contribution in [2.24, 2.45) is 11.1 Å². The summed E-state index contributed by atoms with van der Waals surface area (Å²) < 4.78 is 0. The van der Waals surface area contributed by atoms with Gasteiger partial charge in [0.1, 0.15) is 0 Å². The van der Waals surface area contributed by atoms with Crippen LogP contribution < -0.4 is 11.1 Å². The van der Waals surface area contributed by atoms with Crippen LogP contribution in [0.2, 0.25) is 0 Å². The molecule has 4 heteroatoms. The topological polar surface area (TPSA) is 72.2 Å². The zero-order chi connectivity index (χ0) is 13.8. The van der Waals surface area contributed by atoms with E-state index in [-0.39, 0.29) is 11.3 Å². The van der Waals surface area contributed by atoms with Gasteiger partial charge in [-0.3, -0.25) is 9.59 Å². The second-order valence-electron chi connectivity index (χ2n) is 5.58. The minimum absolute atomic E-state index is 0.00646. The molecule has 0 spiro atoms. The van der Waals surface area contributed by atoms with Gasteiger partial charge in [0.05, 0.1) is 0 Å². The highest BCUT2D eigenvalue weighted by atomic mass is 16.1. The monoisotopic (exact) mass is 248 g/mol. The van der Waals surface area contributed by atoms with Gasteiger partial charge >= 0.3 is 0 Å². The van der Waals surface area contributed by atoms with Crippen molar-refractivity contribution < 1.29 is 9.59 Å². The van der Waals surface area contributed by atoms with Gasteiger partial charge in [0.15, 0.2) is 0 Å². The Balaban J connectivity index is 2.56. The normalized spacial score (nSPS) is 11.1. The molecule has 18 heavy (non-hydrogen) atoms. The van der Waals surface area contributed by atoms with Crippen LogP contribution in [0.5, 0.6) is 0 Å². The minimum Gasteiger partial charge on any atom is -0.366 e. The molecule has 0 aromatic heterocycles. The van der Waals surface area contributed by atoms with Crippen LogP contribution in [-0.4, -0.2) is 11.8 Å². The SMILES string of the molecule is CC(C)(C)CC(=O)NCc1cccc(C(N)=O)c1. The van der Waals surface area contributed by atoms with Crippen molar-refractivity contribution in [3.63, 3.8) is 0 Å². The predicted octanol–water partition coefficient (Wildman–Crippen LogP) is 1.84. The summed E-state index contributed by atoms with van der Waals surface area (Å²) in [6, 6.07) is 6.96. The maximum atomic E-state index is 11.6. The molecule has 0 fully saturated rings. The summed E-state index contributed by atoms with van der Waals surface area (Å²) in [5.74, 6) is -0.454. The molecule has 0 saturated heterocycles. The maximum absolute atomic E-state index is 11.6. The van der Waals surface area contributed by atoms with Crippen molar-refractivity contribution in [1.82, 2.24) is 5.32 Å². The summed E-state index contributed by atoms with van der Waals surface area (Å²) in [5, 5.41) is 2.83. The Labute approximate surface area is 108 Å². The van der Waals surface area contributed by atoms with E-state index in [9.17, 15) is 9.59 Å². The number of carbonyl (C=O) groups is 2. The number of hydrogen-bond donors (Lipinski definition) is 2. The van der Waals surface area contributed by atoms with E-state index in [0.717, 1.165) is 5.56 Å². The number of nitrogens with one attached hydrogen (secondary N) is 1. The molecule has 0 aliphatic carbocycles. The Kier molecular flexibility index (Phi) is 4.48. The van der Waals surface area contributed by atoms with Gasteiger partial charge in [0.2, 0.25) is 11.8 Å². The third-order valence-corrected chi connectivity index (χ3v) is 2.39. The quantitative estimate of drug-likeness (QED) is 0.853. The van der Waals surface area contributed by atoms with Crippen molar-refractivity contribution in [3.8, 4) is 0 Å². The fourth-order valence-electron chi connectivity index (χ4n) is 1.58. The van der Waals surface area contributed by atoms with Crippen LogP contribution in [-0.2, 0) is 11.3 Å². The van der Waals surface area contributed by atoms with E-state index in [0.29, 0.717) is 18.5 Å². The van der Waals surface area contributed by atoms with Gasteiger partial charge in [-0.15, -0.1) is 0 Å². The molecule has 4 nitrogen and oxygen atoms in total. The molecule has 0 bridgehead atoms. The molecule has 0 heterocycles. The molecule has 0 atom stereocenters. The van der Waals surface area contributed by atoms with Gasteiger partial charge in [-0.25, -0.2) is 0 Å². The molecule has 2 amide bonds. The Morgan fingerprint density at radius 2 is 1.94 bits per heavy atom. The lowest BCUT2D eigenvalue weighted by Gasteiger charge is -2.17. The Bertz CT molecular complexity index is 447. The Hall–Kier alpha value is -1.84. The third kappa shape index (κ3) is 4.99. The highest BCUT2D eigenvalue weighted by Gasteiger charge is 2.15. The molecule has 0 unspecified atom stereocenters. The van der Waals surface area contributed by atoms with Gasteiger partial charge in [-0.1, -0.05) is 32.9 Å². The summed E-state index contributed by atoms with van der Waals surface area (Å²) >= 11 is 0. The predicted molar refractivity (Wildman–Crippen MR) is 70.9 cm³/mol. The molecule has 98 valence electrons. The number of nitrogens with two attached hydrogens (primary N) is 1. The van der Waals surface area contributed by atoms with E-state index in [1.54, 1.807) is 18.2 Å². The Morgan fingerprint density at radius 1 is 1.28 bits per heavy atom. The first kappa shape index (κ1) is 14.2. The molecule has 1 aromatic carbocycles. The van der Waals surface area contributed by atoms with Crippen molar-refractivity contribution in [1.29, 1.82) is 0 Å². The van der Waals surface area contributed by atoms with E-state index in [1.165, 1.54) is 0 Å². The molecule has 0 aliphatic heterocycles.